The number of alkyl carbamates (subject to hydrolysis) is 1. The van der Waals surface area contributed by atoms with Crippen molar-refractivity contribution in [2.45, 2.75) is 64.5 Å². The van der Waals surface area contributed by atoms with Crippen molar-refractivity contribution < 1.29 is 19.4 Å². The third kappa shape index (κ3) is 5.38. The fraction of sp³-hybridized carbons (Fsp3) is 0.846. The van der Waals surface area contributed by atoms with Crippen molar-refractivity contribution in [1.82, 2.24) is 5.32 Å². The maximum atomic E-state index is 11.6. The normalized spacial score (nSPS) is 25.1. The number of ether oxygens (including phenoxy) is 1. The maximum Gasteiger partial charge on any atom is 0.407 e. The van der Waals surface area contributed by atoms with E-state index < -0.39 is 17.7 Å². The smallest absolute Gasteiger partial charge is 0.407 e. The van der Waals surface area contributed by atoms with Crippen molar-refractivity contribution in [3.8, 4) is 0 Å². The molecule has 0 heterocycles. The second-order valence-electron chi connectivity index (χ2n) is 5.90. The van der Waals surface area contributed by atoms with Gasteiger partial charge >= 0.3 is 12.1 Å². The summed E-state index contributed by atoms with van der Waals surface area (Å²) in [7, 11) is 0. The van der Waals surface area contributed by atoms with Crippen molar-refractivity contribution in [2.75, 3.05) is 0 Å². The third-order valence-electron chi connectivity index (χ3n) is 2.99. The zero-order valence-corrected chi connectivity index (χ0v) is 11.4. The molecule has 0 aromatic heterocycles. The number of hydrogen-bond acceptors (Lipinski definition) is 3. The number of carbonyl (C=O) groups is 2. The average molecular weight is 257 g/mol. The minimum absolute atomic E-state index is 0.0940. The van der Waals surface area contributed by atoms with Gasteiger partial charge in [0.2, 0.25) is 0 Å². The second-order valence-corrected chi connectivity index (χ2v) is 5.90. The molecule has 0 aliphatic heterocycles. The highest BCUT2D eigenvalue weighted by Gasteiger charge is 2.27. The number of aliphatic carboxylic acids is 1. The molecule has 1 aliphatic carbocycles. The van der Waals surface area contributed by atoms with E-state index in [2.05, 4.69) is 5.32 Å². The summed E-state index contributed by atoms with van der Waals surface area (Å²) < 4.78 is 5.18. The average Bonchev–Trinajstić information content (AvgIpc) is 2.40. The van der Waals surface area contributed by atoms with Gasteiger partial charge in [-0.05, 0) is 40.0 Å². The van der Waals surface area contributed by atoms with Crippen LogP contribution in [0.15, 0.2) is 0 Å². The van der Waals surface area contributed by atoms with Gasteiger partial charge in [-0.15, -0.1) is 0 Å². The molecule has 1 fully saturated rings. The van der Waals surface area contributed by atoms with Gasteiger partial charge < -0.3 is 15.2 Å². The number of amides is 1. The van der Waals surface area contributed by atoms with E-state index in [1.165, 1.54) is 0 Å². The Labute approximate surface area is 108 Å². The molecule has 2 atom stereocenters. The van der Waals surface area contributed by atoms with Gasteiger partial charge in [-0.2, -0.15) is 0 Å². The van der Waals surface area contributed by atoms with Crippen LogP contribution in [0.25, 0.3) is 0 Å². The molecule has 5 heteroatoms. The first-order valence-electron chi connectivity index (χ1n) is 6.50. The van der Waals surface area contributed by atoms with E-state index in [1.807, 2.05) is 0 Å². The lowest BCUT2D eigenvalue weighted by molar-refractivity contribution is -0.142. The fourth-order valence-electron chi connectivity index (χ4n) is 2.19. The Morgan fingerprint density at radius 3 is 2.39 bits per heavy atom. The highest BCUT2D eigenvalue weighted by Crippen LogP contribution is 2.23. The first-order valence-corrected chi connectivity index (χ1v) is 6.50. The van der Waals surface area contributed by atoms with Gasteiger partial charge in [0.05, 0.1) is 5.92 Å². The van der Waals surface area contributed by atoms with Crippen LogP contribution in [0.3, 0.4) is 0 Å². The standard InChI is InChI=1S/C13H23NO4/c1-13(2,3)18-12(17)14-10-7-5-4-6-9(8-10)11(15)16/h9-10H,4-8H2,1-3H3,(H,14,17)(H,15,16)/t9-,10+/m0/s1. The Balaban J connectivity index is 2.49. The molecule has 2 N–H and O–H groups in total. The molecule has 104 valence electrons. The lowest BCUT2D eigenvalue weighted by atomic mass is 9.98. The maximum absolute atomic E-state index is 11.6. The van der Waals surface area contributed by atoms with E-state index in [0.29, 0.717) is 12.8 Å². The van der Waals surface area contributed by atoms with Crippen LogP contribution in [-0.4, -0.2) is 28.8 Å². The molecule has 0 aromatic rings. The lowest BCUT2D eigenvalue weighted by Gasteiger charge is -2.23. The minimum Gasteiger partial charge on any atom is -0.481 e. The molecule has 0 bridgehead atoms. The van der Waals surface area contributed by atoms with E-state index in [9.17, 15) is 9.59 Å². The van der Waals surface area contributed by atoms with Crippen LogP contribution in [0.4, 0.5) is 4.79 Å². The van der Waals surface area contributed by atoms with Gasteiger partial charge in [-0.1, -0.05) is 12.8 Å². The summed E-state index contributed by atoms with van der Waals surface area (Å²) in [5, 5.41) is 11.8. The highest BCUT2D eigenvalue weighted by atomic mass is 16.6. The van der Waals surface area contributed by atoms with Crippen LogP contribution in [0, 0.1) is 5.92 Å². The summed E-state index contributed by atoms with van der Waals surface area (Å²) >= 11 is 0. The predicted octanol–water partition coefficient (Wildman–Crippen LogP) is 2.54. The fourth-order valence-corrected chi connectivity index (χ4v) is 2.19. The van der Waals surface area contributed by atoms with Crippen LogP contribution in [0.1, 0.15) is 52.9 Å². The summed E-state index contributed by atoms with van der Waals surface area (Å²) in [6.07, 6.45) is 3.41. The first kappa shape index (κ1) is 14.8. The van der Waals surface area contributed by atoms with Crippen LogP contribution < -0.4 is 5.32 Å². The van der Waals surface area contributed by atoms with Crippen molar-refractivity contribution >= 4 is 12.1 Å². The van der Waals surface area contributed by atoms with E-state index in [1.54, 1.807) is 20.8 Å². The summed E-state index contributed by atoms with van der Waals surface area (Å²) in [5.41, 5.74) is -0.527. The number of hydrogen-bond donors (Lipinski definition) is 2. The van der Waals surface area contributed by atoms with Crippen LogP contribution in [0.2, 0.25) is 0 Å². The Morgan fingerprint density at radius 2 is 1.83 bits per heavy atom. The molecular weight excluding hydrogens is 234 g/mol. The monoisotopic (exact) mass is 257 g/mol. The summed E-state index contributed by atoms with van der Waals surface area (Å²) in [6.45, 7) is 5.42. The van der Waals surface area contributed by atoms with E-state index in [4.69, 9.17) is 9.84 Å². The minimum atomic E-state index is -0.770. The molecule has 1 amide bonds. The van der Waals surface area contributed by atoms with Gasteiger partial charge in [-0.25, -0.2) is 4.79 Å². The number of carbonyl (C=O) groups excluding carboxylic acids is 1. The number of nitrogens with one attached hydrogen (secondary N) is 1. The molecule has 1 saturated carbocycles. The Hall–Kier alpha value is -1.26. The molecule has 0 unspecified atom stereocenters. The van der Waals surface area contributed by atoms with Crippen molar-refractivity contribution in [3.63, 3.8) is 0 Å². The van der Waals surface area contributed by atoms with Gasteiger partial charge in [0, 0.05) is 6.04 Å². The topological polar surface area (TPSA) is 75.6 Å². The Morgan fingerprint density at radius 1 is 1.22 bits per heavy atom. The number of carboxylic acid groups (broad SMARTS) is 1. The van der Waals surface area contributed by atoms with Crippen LogP contribution >= 0.6 is 0 Å². The second kappa shape index (κ2) is 6.07. The quantitative estimate of drug-likeness (QED) is 0.745. The van der Waals surface area contributed by atoms with Gasteiger partial charge in [0.1, 0.15) is 5.60 Å². The largest absolute Gasteiger partial charge is 0.481 e. The Bertz CT molecular complexity index is 309. The zero-order chi connectivity index (χ0) is 13.8. The highest BCUT2D eigenvalue weighted by molar-refractivity contribution is 5.71. The van der Waals surface area contributed by atoms with E-state index in [0.717, 1.165) is 19.3 Å². The van der Waals surface area contributed by atoms with Gasteiger partial charge in [0.15, 0.2) is 0 Å². The zero-order valence-electron chi connectivity index (χ0n) is 11.4. The summed E-state index contributed by atoms with van der Waals surface area (Å²) in [6, 6.07) is -0.0940. The van der Waals surface area contributed by atoms with Crippen molar-refractivity contribution in [1.29, 1.82) is 0 Å². The molecule has 0 aromatic carbocycles. The van der Waals surface area contributed by atoms with Crippen LogP contribution in [0.5, 0.6) is 0 Å². The lowest BCUT2D eigenvalue weighted by Crippen LogP contribution is -2.40. The molecule has 1 aliphatic rings. The number of rotatable bonds is 2. The van der Waals surface area contributed by atoms with Gasteiger partial charge in [-0.3, -0.25) is 4.79 Å². The molecule has 1 rings (SSSR count). The van der Waals surface area contributed by atoms with E-state index in [-0.39, 0.29) is 12.0 Å². The SMILES string of the molecule is CC(C)(C)OC(=O)N[C@@H]1CCCC[C@H](C(=O)O)C1. The molecule has 5 nitrogen and oxygen atoms in total. The molecule has 18 heavy (non-hydrogen) atoms. The first-order chi connectivity index (χ1) is 8.28. The van der Waals surface area contributed by atoms with Gasteiger partial charge in [0.25, 0.3) is 0 Å². The van der Waals surface area contributed by atoms with E-state index >= 15 is 0 Å². The van der Waals surface area contributed by atoms with Crippen molar-refractivity contribution in [3.05, 3.63) is 0 Å². The Kier molecular flexibility index (Phi) is 4.99. The molecule has 0 radical (unpaired) electrons. The van der Waals surface area contributed by atoms with Crippen LogP contribution in [-0.2, 0) is 9.53 Å². The molecular formula is C13H23NO4. The summed E-state index contributed by atoms with van der Waals surface area (Å²) in [4.78, 5) is 22.7. The molecule has 0 saturated heterocycles. The third-order valence-corrected chi connectivity index (χ3v) is 2.99. The van der Waals surface area contributed by atoms with Crippen molar-refractivity contribution in [2.24, 2.45) is 5.92 Å². The number of carboxylic acids is 1. The predicted molar refractivity (Wildman–Crippen MR) is 67.4 cm³/mol. The summed E-state index contributed by atoms with van der Waals surface area (Å²) in [5.74, 6) is -1.12. The molecule has 0 spiro atoms.